The van der Waals surface area contributed by atoms with E-state index in [9.17, 15) is 9.18 Å². The Morgan fingerprint density at radius 3 is 2.80 bits per heavy atom. The summed E-state index contributed by atoms with van der Waals surface area (Å²) in [6, 6.07) is -0.350. The Morgan fingerprint density at radius 1 is 1.37 bits per heavy atom. The van der Waals surface area contributed by atoms with Crippen LogP contribution in [0, 0.1) is 5.92 Å². The zero-order chi connectivity index (χ0) is 21.9. The molecular weight excluding hydrogens is 381 g/mol. The first-order valence-corrected chi connectivity index (χ1v) is 11.6. The second kappa shape index (κ2) is 13.0. The first-order valence-electron chi connectivity index (χ1n) is 11.6. The van der Waals surface area contributed by atoms with Crippen molar-refractivity contribution in [3.05, 3.63) is 23.7 Å². The summed E-state index contributed by atoms with van der Waals surface area (Å²) < 4.78 is 18.8. The van der Waals surface area contributed by atoms with Gasteiger partial charge >= 0.3 is 0 Å². The highest BCUT2D eigenvalue weighted by atomic mass is 19.1. The van der Waals surface area contributed by atoms with Gasteiger partial charge in [-0.15, -0.1) is 0 Å². The van der Waals surface area contributed by atoms with E-state index in [4.69, 9.17) is 10.5 Å². The van der Waals surface area contributed by atoms with Gasteiger partial charge in [-0.25, -0.2) is 4.39 Å². The number of nitrogens with two attached hydrogens (primary N) is 1. The maximum Gasteiger partial charge on any atom is 0.239 e. The third-order valence-electron chi connectivity index (χ3n) is 6.11. The minimum atomic E-state index is -0.350. The number of amides is 1. The van der Waals surface area contributed by atoms with Crippen molar-refractivity contribution in [3.8, 4) is 0 Å². The molecule has 1 heterocycles. The van der Waals surface area contributed by atoms with Gasteiger partial charge in [0.05, 0.1) is 24.1 Å². The molecule has 0 unspecified atom stereocenters. The number of carbonyl (C=O) groups excluding carboxylic acids is 1. The molecule has 1 fully saturated rings. The number of unbranched alkanes of at least 4 members (excludes halogenated alkanes) is 1. The Bertz CT molecular complexity index is 622. The average molecular weight is 422 g/mol. The fourth-order valence-electron chi connectivity index (χ4n) is 4.24. The van der Waals surface area contributed by atoms with E-state index in [-0.39, 0.29) is 30.0 Å². The number of nitrogens with zero attached hydrogens (tertiary/aromatic N) is 2. The van der Waals surface area contributed by atoms with E-state index in [2.05, 4.69) is 11.1 Å². The van der Waals surface area contributed by atoms with Crippen LogP contribution in [0.15, 0.2) is 28.7 Å². The molecule has 0 radical (unpaired) electrons. The number of allylic oxidation sites excluding steroid dienone is 2. The SMILES string of the molecule is C/C(F)=C\C[C@H](C)O[C@@H]1C=C(CCCCN(C)C(=O)[C@@H](N)C2CCCCC2)N=CC1. The van der Waals surface area contributed by atoms with Crippen LogP contribution in [0.2, 0.25) is 0 Å². The second-order valence-corrected chi connectivity index (χ2v) is 8.86. The molecule has 0 bridgehead atoms. The summed E-state index contributed by atoms with van der Waals surface area (Å²) in [6.45, 7) is 4.14. The van der Waals surface area contributed by atoms with Gasteiger partial charge in [-0.05, 0) is 64.4 Å². The van der Waals surface area contributed by atoms with Crippen molar-refractivity contribution in [1.82, 2.24) is 4.90 Å². The molecule has 2 N–H and O–H groups in total. The van der Waals surface area contributed by atoms with Crippen LogP contribution in [0.3, 0.4) is 0 Å². The van der Waals surface area contributed by atoms with Crippen molar-refractivity contribution >= 4 is 12.1 Å². The van der Waals surface area contributed by atoms with Gasteiger partial charge in [-0.3, -0.25) is 9.79 Å². The summed E-state index contributed by atoms with van der Waals surface area (Å²) in [4.78, 5) is 18.9. The number of likely N-dealkylation sites (N-methyl/N-ethyl adjacent to an activating group) is 1. The van der Waals surface area contributed by atoms with Crippen molar-refractivity contribution in [1.29, 1.82) is 0 Å². The van der Waals surface area contributed by atoms with Crippen molar-refractivity contribution in [3.63, 3.8) is 0 Å². The van der Waals surface area contributed by atoms with Gasteiger partial charge in [-0.2, -0.15) is 0 Å². The molecule has 0 spiro atoms. The van der Waals surface area contributed by atoms with Crippen molar-refractivity contribution in [2.45, 2.75) is 96.3 Å². The number of carbonyl (C=O) groups is 1. The molecule has 1 aliphatic heterocycles. The summed E-state index contributed by atoms with van der Waals surface area (Å²) in [6.07, 6.45) is 15.4. The average Bonchev–Trinajstić information content (AvgIpc) is 2.75. The van der Waals surface area contributed by atoms with Crippen LogP contribution in [0.1, 0.15) is 78.1 Å². The Balaban J connectivity index is 1.68. The lowest BCUT2D eigenvalue weighted by atomic mass is 9.84. The highest BCUT2D eigenvalue weighted by molar-refractivity contribution is 5.81. The van der Waals surface area contributed by atoms with E-state index in [1.165, 1.54) is 26.2 Å². The summed E-state index contributed by atoms with van der Waals surface area (Å²) in [5.74, 6) is 0.255. The predicted molar refractivity (Wildman–Crippen MR) is 121 cm³/mol. The first-order chi connectivity index (χ1) is 14.4. The molecule has 0 saturated heterocycles. The summed E-state index contributed by atoms with van der Waals surface area (Å²) in [7, 11) is 1.86. The minimum Gasteiger partial charge on any atom is -0.370 e. The maximum absolute atomic E-state index is 12.9. The van der Waals surface area contributed by atoms with Crippen LogP contribution in [-0.4, -0.2) is 48.9 Å². The van der Waals surface area contributed by atoms with E-state index in [1.54, 1.807) is 11.0 Å². The molecular formula is C24H40FN3O2. The predicted octanol–water partition coefficient (Wildman–Crippen LogP) is 4.92. The van der Waals surface area contributed by atoms with Gasteiger partial charge < -0.3 is 15.4 Å². The number of aliphatic imine (C=N–C) groups is 1. The molecule has 2 aliphatic rings. The number of hydrogen-bond acceptors (Lipinski definition) is 4. The lowest BCUT2D eigenvalue weighted by molar-refractivity contribution is -0.132. The third kappa shape index (κ3) is 8.68. The minimum absolute atomic E-state index is 0.00133. The first kappa shape index (κ1) is 24.7. The third-order valence-corrected chi connectivity index (χ3v) is 6.11. The maximum atomic E-state index is 12.9. The lowest BCUT2D eigenvalue weighted by Gasteiger charge is -2.29. The number of ether oxygens (including phenoxy) is 1. The van der Waals surface area contributed by atoms with Crippen LogP contribution < -0.4 is 5.73 Å². The number of halogens is 1. The zero-order valence-corrected chi connectivity index (χ0v) is 19.0. The second-order valence-electron chi connectivity index (χ2n) is 8.86. The van der Waals surface area contributed by atoms with Crippen molar-refractivity contribution in [2.75, 3.05) is 13.6 Å². The van der Waals surface area contributed by atoms with Crippen molar-refractivity contribution < 1.29 is 13.9 Å². The van der Waals surface area contributed by atoms with Gasteiger partial charge in [0.15, 0.2) is 0 Å². The van der Waals surface area contributed by atoms with E-state index in [0.29, 0.717) is 12.3 Å². The lowest BCUT2D eigenvalue weighted by Crippen LogP contribution is -2.47. The van der Waals surface area contributed by atoms with E-state index >= 15 is 0 Å². The fourth-order valence-corrected chi connectivity index (χ4v) is 4.24. The van der Waals surface area contributed by atoms with Crippen LogP contribution in [-0.2, 0) is 9.53 Å². The molecule has 0 aromatic carbocycles. The molecule has 1 amide bonds. The van der Waals surface area contributed by atoms with Gasteiger partial charge in [0.25, 0.3) is 0 Å². The monoisotopic (exact) mass is 421 g/mol. The van der Waals surface area contributed by atoms with Crippen LogP contribution >= 0.6 is 0 Å². The number of hydrogen-bond donors (Lipinski definition) is 1. The van der Waals surface area contributed by atoms with Gasteiger partial charge in [0.2, 0.25) is 5.91 Å². The van der Waals surface area contributed by atoms with Crippen LogP contribution in [0.5, 0.6) is 0 Å². The van der Waals surface area contributed by atoms with E-state index in [1.807, 2.05) is 20.2 Å². The smallest absolute Gasteiger partial charge is 0.239 e. The molecule has 2 rings (SSSR count). The van der Waals surface area contributed by atoms with E-state index < -0.39 is 0 Å². The topological polar surface area (TPSA) is 67.9 Å². The van der Waals surface area contributed by atoms with Crippen molar-refractivity contribution in [2.24, 2.45) is 16.6 Å². The van der Waals surface area contributed by atoms with Crippen LogP contribution in [0.4, 0.5) is 4.39 Å². The summed E-state index contributed by atoms with van der Waals surface area (Å²) in [5, 5.41) is 0. The molecule has 1 saturated carbocycles. The summed E-state index contributed by atoms with van der Waals surface area (Å²) in [5.41, 5.74) is 7.28. The largest absolute Gasteiger partial charge is 0.370 e. The Morgan fingerprint density at radius 2 is 2.10 bits per heavy atom. The normalized spacial score (nSPS) is 22.5. The highest BCUT2D eigenvalue weighted by Gasteiger charge is 2.28. The zero-order valence-electron chi connectivity index (χ0n) is 19.0. The molecule has 5 nitrogen and oxygen atoms in total. The van der Waals surface area contributed by atoms with Gasteiger partial charge in [-0.1, -0.05) is 25.3 Å². The van der Waals surface area contributed by atoms with Gasteiger partial charge in [0.1, 0.15) is 0 Å². The molecule has 0 aromatic rings. The summed E-state index contributed by atoms with van der Waals surface area (Å²) >= 11 is 0. The van der Waals surface area contributed by atoms with Gasteiger partial charge in [0, 0.05) is 31.9 Å². The fraction of sp³-hybridized carbons (Fsp3) is 0.750. The van der Waals surface area contributed by atoms with Crippen LogP contribution in [0.25, 0.3) is 0 Å². The molecule has 3 atom stereocenters. The number of rotatable bonds is 11. The standard InChI is InChI=1S/C24H40FN3O2/c1-18(25)12-13-19(2)30-22-14-15-27-21(17-22)11-7-8-16-28(3)24(29)23(26)20-9-5-4-6-10-20/h12,15,17,19-20,22-23H,4-11,13-14,16,26H2,1-3H3/b18-12+/t19-,22-,23-/m0/s1. The highest BCUT2D eigenvalue weighted by Crippen LogP contribution is 2.26. The molecule has 1 aliphatic carbocycles. The Hall–Kier alpha value is -1.53. The molecule has 0 aromatic heterocycles. The quantitative estimate of drug-likeness (QED) is 0.482. The molecule has 30 heavy (non-hydrogen) atoms. The Labute approximate surface area is 181 Å². The van der Waals surface area contributed by atoms with E-state index in [0.717, 1.165) is 50.8 Å². The Kier molecular flexibility index (Phi) is 10.7. The molecule has 6 heteroatoms. The molecule has 170 valence electrons.